The van der Waals surface area contributed by atoms with Crippen LogP contribution < -0.4 is 10.6 Å². The van der Waals surface area contributed by atoms with E-state index >= 15 is 0 Å². The molecule has 2 rings (SSSR count). The molecule has 0 saturated heterocycles. The van der Waals surface area contributed by atoms with Gasteiger partial charge in [-0.15, -0.1) is 0 Å². The summed E-state index contributed by atoms with van der Waals surface area (Å²) in [4.78, 5) is 6.39. The van der Waals surface area contributed by atoms with E-state index in [1.165, 1.54) is 0 Å². The quantitative estimate of drug-likeness (QED) is 0.837. The Balaban J connectivity index is 2.42. The first kappa shape index (κ1) is 12.2. The number of nitriles is 1. The summed E-state index contributed by atoms with van der Waals surface area (Å²) < 4.78 is 0. The predicted molar refractivity (Wildman–Crippen MR) is 74.2 cm³/mol. The molecule has 18 heavy (non-hydrogen) atoms. The van der Waals surface area contributed by atoms with Gasteiger partial charge in [-0.05, 0) is 31.2 Å². The molecule has 0 aliphatic carbocycles. The van der Waals surface area contributed by atoms with E-state index in [2.05, 4.69) is 16.0 Å². The van der Waals surface area contributed by atoms with Crippen molar-refractivity contribution in [2.24, 2.45) is 5.92 Å². The number of rotatable bonds is 3. The van der Waals surface area contributed by atoms with Gasteiger partial charge in [0.15, 0.2) is 0 Å². The van der Waals surface area contributed by atoms with Crippen LogP contribution in [0.2, 0.25) is 0 Å². The van der Waals surface area contributed by atoms with Gasteiger partial charge in [-0.3, -0.25) is 4.98 Å². The first-order chi connectivity index (χ1) is 8.61. The second-order valence-corrected chi connectivity index (χ2v) is 4.52. The Kier molecular flexibility index (Phi) is 3.33. The largest absolute Gasteiger partial charge is 0.399 e. The van der Waals surface area contributed by atoms with Crippen molar-refractivity contribution in [1.29, 1.82) is 5.26 Å². The van der Waals surface area contributed by atoms with Crippen LogP contribution in [-0.4, -0.2) is 18.6 Å². The van der Waals surface area contributed by atoms with Gasteiger partial charge in [-0.25, -0.2) is 0 Å². The average Bonchev–Trinajstić information content (AvgIpc) is 2.37. The molecule has 0 aliphatic heterocycles. The number of nitrogen functional groups attached to an aromatic ring is 1. The maximum Gasteiger partial charge on any atom is 0.0743 e. The maximum absolute atomic E-state index is 8.87. The lowest BCUT2D eigenvalue weighted by atomic mass is 10.1. The molecule has 0 saturated carbocycles. The van der Waals surface area contributed by atoms with Crippen molar-refractivity contribution in [2.45, 2.75) is 6.92 Å². The average molecular weight is 240 g/mol. The highest BCUT2D eigenvalue weighted by Gasteiger charge is 2.09. The van der Waals surface area contributed by atoms with Gasteiger partial charge in [0.25, 0.3) is 0 Å². The van der Waals surface area contributed by atoms with Gasteiger partial charge in [-0.1, -0.05) is 0 Å². The molecule has 0 bridgehead atoms. The minimum absolute atomic E-state index is 0.00741. The number of hydrogen-bond donors (Lipinski definition) is 1. The zero-order chi connectivity index (χ0) is 13.1. The Hall–Kier alpha value is -2.28. The van der Waals surface area contributed by atoms with Crippen molar-refractivity contribution >= 4 is 22.3 Å². The highest BCUT2D eigenvalue weighted by Crippen LogP contribution is 2.26. The monoisotopic (exact) mass is 240 g/mol. The third-order valence-electron chi connectivity index (χ3n) is 2.92. The minimum Gasteiger partial charge on any atom is -0.399 e. The van der Waals surface area contributed by atoms with E-state index in [4.69, 9.17) is 11.0 Å². The first-order valence-corrected chi connectivity index (χ1v) is 5.87. The van der Waals surface area contributed by atoms with Gasteiger partial charge < -0.3 is 10.6 Å². The number of hydrogen-bond acceptors (Lipinski definition) is 4. The summed E-state index contributed by atoms with van der Waals surface area (Å²) in [6, 6.07) is 9.91. The van der Waals surface area contributed by atoms with E-state index in [1.54, 1.807) is 6.20 Å². The molecule has 1 atom stereocenters. The molecule has 4 nitrogen and oxygen atoms in total. The molecule has 0 spiro atoms. The van der Waals surface area contributed by atoms with Crippen LogP contribution in [0, 0.1) is 17.2 Å². The minimum atomic E-state index is -0.00741. The molecule has 1 unspecified atom stereocenters. The second kappa shape index (κ2) is 4.92. The summed E-state index contributed by atoms with van der Waals surface area (Å²) in [6.45, 7) is 2.61. The molecule has 0 aliphatic rings. The summed E-state index contributed by atoms with van der Waals surface area (Å²) in [5.41, 5.74) is 8.41. The van der Waals surface area contributed by atoms with Crippen LogP contribution >= 0.6 is 0 Å². The summed E-state index contributed by atoms with van der Waals surface area (Å²) in [5.74, 6) is -0.00741. The number of anilines is 2. The third kappa shape index (κ3) is 2.35. The fourth-order valence-corrected chi connectivity index (χ4v) is 2.03. The summed E-state index contributed by atoms with van der Waals surface area (Å²) in [6.07, 6.45) is 1.77. The van der Waals surface area contributed by atoms with Crippen LogP contribution in [0.15, 0.2) is 30.5 Å². The number of pyridine rings is 1. The summed E-state index contributed by atoms with van der Waals surface area (Å²) >= 11 is 0. The Morgan fingerprint density at radius 2 is 2.22 bits per heavy atom. The highest BCUT2D eigenvalue weighted by molar-refractivity contribution is 5.93. The lowest BCUT2D eigenvalue weighted by Gasteiger charge is -2.22. The Bertz CT molecular complexity index is 600. The van der Waals surface area contributed by atoms with Crippen LogP contribution in [0.4, 0.5) is 11.4 Å². The van der Waals surface area contributed by atoms with Crippen molar-refractivity contribution in [2.75, 3.05) is 24.2 Å². The molecule has 1 aromatic carbocycles. The number of nitrogens with zero attached hydrogens (tertiary/aromatic N) is 3. The predicted octanol–water partition coefficient (Wildman–Crippen LogP) is 2.41. The van der Waals surface area contributed by atoms with Gasteiger partial charge in [0, 0.05) is 36.6 Å². The van der Waals surface area contributed by atoms with Gasteiger partial charge >= 0.3 is 0 Å². The molecule has 1 heterocycles. The van der Waals surface area contributed by atoms with Crippen molar-refractivity contribution in [3.8, 4) is 6.07 Å². The topological polar surface area (TPSA) is 65.9 Å². The lowest BCUT2D eigenvalue weighted by molar-refractivity contribution is 0.717. The van der Waals surface area contributed by atoms with E-state index in [0.717, 1.165) is 16.6 Å². The fourth-order valence-electron chi connectivity index (χ4n) is 2.03. The maximum atomic E-state index is 8.87. The number of fused-ring (bicyclic) bond motifs is 1. The Labute approximate surface area is 107 Å². The van der Waals surface area contributed by atoms with Crippen molar-refractivity contribution < 1.29 is 0 Å². The van der Waals surface area contributed by atoms with Gasteiger partial charge in [-0.2, -0.15) is 5.26 Å². The van der Waals surface area contributed by atoms with Crippen LogP contribution in [0.3, 0.4) is 0 Å². The normalized spacial score (nSPS) is 12.1. The summed E-state index contributed by atoms with van der Waals surface area (Å²) in [7, 11) is 1.99. The molecule has 0 fully saturated rings. The Morgan fingerprint density at radius 1 is 1.44 bits per heavy atom. The molecular weight excluding hydrogens is 224 g/mol. The van der Waals surface area contributed by atoms with E-state index in [-0.39, 0.29) is 5.92 Å². The molecule has 1 aromatic heterocycles. The second-order valence-electron chi connectivity index (χ2n) is 4.52. The smallest absolute Gasteiger partial charge is 0.0743 e. The van der Waals surface area contributed by atoms with Gasteiger partial charge in [0.1, 0.15) is 0 Å². The SMILES string of the molecule is CC(C#N)CN(C)c1ccnc2cc(N)ccc12. The number of benzene rings is 1. The molecule has 0 radical (unpaired) electrons. The van der Waals surface area contributed by atoms with Crippen LogP contribution in [0.25, 0.3) is 10.9 Å². The van der Waals surface area contributed by atoms with Gasteiger partial charge in [0.05, 0.1) is 17.5 Å². The fraction of sp³-hybridized carbons (Fsp3) is 0.286. The third-order valence-corrected chi connectivity index (χ3v) is 2.92. The summed E-state index contributed by atoms with van der Waals surface area (Å²) in [5, 5.41) is 9.93. The highest BCUT2D eigenvalue weighted by atomic mass is 15.1. The van der Waals surface area contributed by atoms with Crippen LogP contribution in [0.1, 0.15) is 6.92 Å². The molecule has 92 valence electrons. The van der Waals surface area contributed by atoms with E-state index in [9.17, 15) is 0 Å². The van der Waals surface area contributed by atoms with Gasteiger partial charge in [0.2, 0.25) is 0 Å². The molecule has 2 aromatic rings. The van der Waals surface area contributed by atoms with Crippen molar-refractivity contribution in [3.05, 3.63) is 30.5 Å². The van der Waals surface area contributed by atoms with Crippen LogP contribution in [0.5, 0.6) is 0 Å². The standard InChI is InChI=1S/C14H16N4/c1-10(8-15)9-18(2)14-5-6-17-13-7-11(16)3-4-12(13)14/h3-7,10H,9,16H2,1-2H3. The lowest BCUT2D eigenvalue weighted by Crippen LogP contribution is -2.23. The Morgan fingerprint density at radius 3 is 2.94 bits per heavy atom. The molecule has 2 N–H and O–H groups in total. The van der Waals surface area contributed by atoms with Crippen LogP contribution in [-0.2, 0) is 0 Å². The van der Waals surface area contributed by atoms with Crippen molar-refractivity contribution in [3.63, 3.8) is 0 Å². The first-order valence-electron chi connectivity index (χ1n) is 5.87. The molecule has 4 heteroatoms. The molecular formula is C14H16N4. The van der Waals surface area contributed by atoms with E-state index in [0.29, 0.717) is 12.2 Å². The zero-order valence-electron chi connectivity index (χ0n) is 10.6. The molecule has 0 amide bonds. The van der Waals surface area contributed by atoms with Crippen molar-refractivity contribution in [1.82, 2.24) is 4.98 Å². The number of aromatic nitrogens is 1. The zero-order valence-corrected chi connectivity index (χ0v) is 10.6. The van der Waals surface area contributed by atoms with E-state index in [1.807, 2.05) is 38.2 Å². The van der Waals surface area contributed by atoms with E-state index < -0.39 is 0 Å². The number of nitrogens with two attached hydrogens (primary N) is 1.